The fourth-order valence-corrected chi connectivity index (χ4v) is 1.45. The monoisotopic (exact) mass is 206 g/mol. The van der Waals surface area contributed by atoms with E-state index in [4.69, 9.17) is 5.11 Å². The van der Waals surface area contributed by atoms with E-state index in [2.05, 4.69) is 4.94 Å². The van der Waals surface area contributed by atoms with Gasteiger partial charge in [0.25, 0.3) is 0 Å². The van der Waals surface area contributed by atoms with E-state index in [9.17, 15) is 9.32 Å². The second kappa shape index (κ2) is 3.57. The number of aromatic carboxylic acids is 1. The molecule has 0 radical (unpaired) electrons. The van der Waals surface area contributed by atoms with Crippen molar-refractivity contribution in [1.82, 2.24) is 0 Å². The quantitative estimate of drug-likeness (QED) is 0.821. The van der Waals surface area contributed by atoms with Gasteiger partial charge in [0, 0.05) is 9.91 Å². The molecule has 3 nitrogen and oxygen atoms in total. The standard InChI is InChI=1S/C11H7FO3/c12-15-10-3-1-2-7-6-8(11(13)14)4-5-9(7)10/h1-6H,(H,13,14). The molecule has 0 spiro atoms. The number of carboxylic acids is 1. The highest BCUT2D eigenvalue weighted by atomic mass is 19.3. The van der Waals surface area contributed by atoms with Crippen molar-refractivity contribution in [2.75, 3.05) is 0 Å². The van der Waals surface area contributed by atoms with Gasteiger partial charge in [-0.2, -0.15) is 0 Å². The molecule has 15 heavy (non-hydrogen) atoms. The highest BCUT2D eigenvalue weighted by molar-refractivity contribution is 5.96. The predicted octanol–water partition coefficient (Wildman–Crippen LogP) is 2.80. The maximum atomic E-state index is 12.1. The van der Waals surface area contributed by atoms with E-state index < -0.39 is 5.97 Å². The van der Waals surface area contributed by atoms with Crippen LogP contribution in [0.1, 0.15) is 10.4 Å². The maximum Gasteiger partial charge on any atom is 0.335 e. The Hall–Kier alpha value is -2.10. The van der Waals surface area contributed by atoms with Crippen LogP contribution in [-0.2, 0) is 0 Å². The molecule has 0 aliphatic carbocycles. The molecule has 0 atom stereocenters. The van der Waals surface area contributed by atoms with Crippen LogP contribution in [0.2, 0.25) is 0 Å². The average Bonchev–Trinajstić information content (AvgIpc) is 2.27. The predicted molar refractivity (Wildman–Crippen MR) is 52.6 cm³/mol. The summed E-state index contributed by atoms with van der Waals surface area (Å²) in [7, 11) is 0. The molecular weight excluding hydrogens is 199 g/mol. The first-order chi connectivity index (χ1) is 7.22. The third-order valence-electron chi connectivity index (χ3n) is 2.17. The highest BCUT2D eigenvalue weighted by Crippen LogP contribution is 2.26. The van der Waals surface area contributed by atoms with Gasteiger partial charge in [-0.05, 0) is 29.7 Å². The van der Waals surface area contributed by atoms with Gasteiger partial charge in [-0.15, -0.1) is 0 Å². The molecule has 0 amide bonds. The summed E-state index contributed by atoms with van der Waals surface area (Å²) in [5, 5.41) is 9.94. The van der Waals surface area contributed by atoms with Crippen molar-refractivity contribution in [3.63, 3.8) is 0 Å². The first-order valence-electron chi connectivity index (χ1n) is 4.27. The van der Waals surface area contributed by atoms with E-state index in [-0.39, 0.29) is 11.3 Å². The highest BCUT2D eigenvalue weighted by Gasteiger charge is 2.06. The average molecular weight is 206 g/mol. The normalized spacial score (nSPS) is 10.2. The molecule has 0 bridgehead atoms. The van der Waals surface area contributed by atoms with E-state index in [0.717, 1.165) is 0 Å². The second-order valence-corrected chi connectivity index (χ2v) is 3.07. The molecule has 1 N–H and O–H groups in total. The number of rotatable bonds is 2. The van der Waals surface area contributed by atoms with Crippen LogP contribution in [0.4, 0.5) is 4.53 Å². The number of fused-ring (bicyclic) bond motifs is 1. The summed E-state index contributed by atoms with van der Waals surface area (Å²) in [6.45, 7) is 0. The minimum atomic E-state index is -1.01. The number of benzene rings is 2. The molecular formula is C11H7FO3. The zero-order chi connectivity index (χ0) is 10.8. The summed E-state index contributed by atoms with van der Waals surface area (Å²) in [6.07, 6.45) is 0. The molecule has 2 rings (SSSR count). The topological polar surface area (TPSA) is 46.5 Å². The minimum Gasteiger partial charge on any atom is -0.478 e. The van der Waals surface area contributed by atoms with Gasteiger partial charge >= 0.3 is 5.97 Å². The zero-order valence-corrected chi connectivity index (χ0v) is 7.61. The maximum absolute atomic E-state index is 12.1. The van der Waals surface area contributed by atoms with Crippen molar-refractivity contribution in [2.24, 2.45) is 0 Å². The molecule has 0 fully saturated rings. The molecule has 0 saturated heterocycles. The van der Waals surface area contributed by atoms with Crippen LogP contribution in [0.5, 0.6) is 5.75 Å². The second-order valence-electron chi connectivity index (χ2n) is 3.07. The van der Waals surface area contributed by atoms with Crippen LogP contribution in [0.3, 0.4) is 0 Å². The Kier molecular flexibility index (Phi) is 2.25. The number of hydrogen-bond acceptors (Lipinski definition) is 2. The van der Waals surface area contributed by atoms with Crippen molar-refractivity contribution >= 4 is 16.7 Å². The fourth-order valence-electron chi connectivity index (χ4n) is 1.45. The van der Waals surface area contributed by atoms with Crippen LogP contribution >= 0.6 is 0 Å². The summed E-state index contributed by atoms with van der Waals surface area (Å²) in [5.41, 5.74) is 0.165. The lowest BCUT2D eigenvalue weighted by molar-refractivity contribution is -0.00423. The molecule has 2 aromatic rings. The van der Waals surface area contributed by atoms with Gasteiger partial charge in [-0.25, -0.2) is 4.79 Å². The molecule has 0 aromatic heterocycles. The summed E-state index contributed by atoms with van der Waals surface area (Å²) in [4.78, 5) is 14.4. The first-order valence-corrected chi connectivity index (χ1v) is 4.27. The van der Waals surface area contributed by atoms with Crippen LogP contribution in [0.15, 0.2) is 36.4 Å². The Morgan fingerprint density at radius 2 is 2.07 bits per heavy atom. The smallest absolute Gasteiger partial charge is 0.335 e. The molecule has 2 aromatic carbocycles. The van der Waals surface area contributed by atoms with Gasteiger partial charge in [-0.1, -0.05) is 12.1 Å². The van der Waals surface area contributed by atoms with E-state index in [1.54, 1.807) is 12.1 Å². The first kappa shape index (κ1) is 9.45. The summed E-state index contributed by atoms with van der Waals surface area (Å²) in [6, 6.07) is 9.18. The van der Waals surface area contributed by atoms with Gasteiger partial charge in [-0.3, -0.25) is 4.94 Å². The molecule has 4 heteroatoms. The number of hydrogen-bond donors (Lipinski definition) is 1. The number of carbonyl (C=O) groups is 1. The third kappa shape index (κ3) is 1.61. The minimum absolute atomic E-state index is 0.0874. The molecule has 0 aliphatic rings. The Morgan fingerprint density at radius 1 is 1.27 bits per heavy atom. The van der Waals surface area contributed by atoms with Crippen molar-refractivity contribution in [3.8, 4) is 5.75 Å². The Bertz CT molecular complexity index is 522. The van der Waals surface area contributed by atoms with Gasteiger partial charge in [0.2, 0.25) is 0 Å². The van der Waals surface area contributed by atoms with E-state index in [0.29, 0.717) is 10.8 Å². The summed E-state index contributed by atoms with van der Waals surface area (Å²) >= 11 is 0. The van der Waals surface area contributed by atoms with Crippen molar-refractivity contribution in [3.05, 3.63) is 42.0 Å². The van der Waals surface area contributed by atoms with E-state index in [1.165, 1.54) is 24.3 Å². The molecule has 0 heterocycles. The number of halogens is 1. The molecule has 0 aliphatic heterocycles. The van der Waals surface area contributed by atoms with E-state index >= 15 is 0 Å². The lowest BCUT2D eigenvalue weighted by atomic mass is 10.1. The van der Waals surface area contributed by atoms with Crippen LogP contribution in [0.25, 0.3) is 10.8 Å². The Morgan fingerprint density at radius 3 is 2.73 bits per heavy atom. The van der Waals surface area contributed by atoms with Crippen molar-refractivity contribution in [2.45, 2.75) is 0 Å². The SMILES string of the molecule is O=C(O)c1ccc2c(OF)cccc2c1. The number of carboxylic acid groups (broad SMARTS) is 1. The molecule has 76 valence electrons. The van der Waals surface area contributed by atoms with Crippen LogP contribution in [-0.4, -0.2) is 11.1 Å². The Balaban J connectivity index is 2.69. The molecule has 0 unspecified atom stereocenters. The fraction of sp³-hybridized carbons (Fsp3) is 0. The van der Waals surface area contributed by atoms with Crippen molar-refractivity contribution < 1.29 is 19.4 Å². The third-order valence-corrected chi connectivity index (χ3v) is 2.17. The van der Waals surface area contributed by atoms with Gasteiger partial charge in [0.15, 0.2) is 5.75 Å². The largest absolute Gasteiger partial charge is 0.478 e. The lowest BCUT2D eigenvalue weighted by Gasteiger charge is -2.02. The lowest BCUT2D eigenvalue weighted by Crippen LogP contribution is -1.95. The molecule has 0 saturated carbocycles. The van der Waals surface area contributed by atoms with Crippen LogP contribution < -0.4 is 4.94 Å². The summed E-state index contributed by atoms with van der Waals surface area (Å²) in [5.74, 6) is -0.923. The zero-order valence-electron chi connectivity index (χ0n) is 7.61. The van der Waals surface area contributed by atoms with Crippen LogP contribution in [0, 0.1) is 0 Å². The van der Waals surface area contributed by atoms with Gasteiger partial charge in [0.05, 0.1) is 5.56 Å². The van der Waals surface area contributed by atoms with Gasteiger partial charge < -0.3 is 5.11 Å². The Labute approximate surface area is 84.6 Å². The van der Waals surface area contributed by atoms with Crippen molar-refractivity contribution in [1.29, 1.82) is 0 Å². The van der Waals surface area contributed by atoms with E-state index in [1.807, 2.05) is 0 Å². The van der Waals surface area contributed by atoms with Gasteiger partial charge in [0.1, 0.15) is 0 Å². The summed E-state index contributed by atoms with van der Waals surface area (Å²) < 4.78 is 12.1.